The number of hydrogen-bond acceptors (Lipinski definition) is 7. The van der Waals surface area contributed by atoms with Crippen molar-refractivity contribution >= 4 is 56.6 Å². The summed E-state index contributed by atoms with van der Waals surface area (Å²) >= 11 is 8.63. The average Bonchev–Trinajstić information content (AvgIpc) is 3.42. The highest BCUT2D eigenvalue weighted by Crippen LogP contribution is 2.30. The largest absolute Gasteiger partial charge is 0.353 e. The topological polar surface area (TPSA) is 57.9 Å². The molecule has 0 fully saturated rings. The smallest absolute Gasteiger partial charge is 0.281 e. The van der Waals surface area contributed by atoms with Crippen LogP contribution < -0.4 is 5.56 Å². The van der Waals surface area contributed by atoms with Crippen molar-refractivity contribution in [2.24, 2.45) is 0 Å². The Morgan fingerprint density at radius 3 is 2.89 bits per heavy atom. The first kappa shape index (κ1) is 24.4. The molecule has 6 nitrogen and oxygen atoms in total. The van der Waals surface area contributed by atoms with E-state index in [0.29, 0.717) is 33.7 Å². The minimum Gasteiger partial charge on any atom is -0.353 e. The Bertz CT molecular complexity index is 1640. The number of carbonyl (C=O) groups excluding carboxylic acids is 1. The number of fused-ring (bicyclic) bond motifs is 3. The number of hydrogen-bond donors (Lipinski definition) is 0. The van der Waals surface area contributed by atoms with Crippen molar-refractivity contribution in [2.75, 3.05) is 6.67 Å². The highest BCUT2D eigenvalue weighted by Gasteiger charge is 2.20. The molecule has 5 rings (SSSR count). The molecular weight excluding hydrogens is 512 g/mol. The molecule has 0 amide bonds. The van der Waals surface area contributed by atoms with Crippen molar-refractivity contribution in [1.29, 1.82) is 0 Å². The van der Waals surface area contributed by atoms with E-state index in [1.807, 2.05) is 38.3 Å². The van der Waals surface area contributed by atoms with Crippen LogP contribution in [0.3, 0.4) is 0 Å². The van der Waals surface area contributed by atoms with Gasteiger partial charge in [0.25, 0.3) is 5.56 Å². The molecule has 2 aromatic heterocycles. The molecule has 0 bridgehead atoms. The third-order valence-corrected chi connectivity index (χ3v) is 7.82. The van der Waals surface area contributed by atoms with E-state index in [4.69, 9.17) is 11.6 Å². The van der Waals surface area contributed by atoms with E-state index in [2.05, 4.69) is 39.7 Å². The second kappa shape index (κ2) is 9.97. The number of thioether (sulfide) groups is 1. The van der Waals surface area contributed by atoms with Crippen LogP contribution in [0.15, 0.2) is 88.3 Å². The van der Waals surface area contributed by atoms with Crippen molar-refractivity contribution in [3.8, 4) is 0 Å². The number of allylic oxidation sites excluding steroid dienone is 2. The van der Waals surface area contributed by atoms with Crippen LogP contribution in [-0.4, -0.2) is 30.4 Å². The summed E-state index contributed by atoms with van der Waals surface area (Å²) in [7, 11) is 0. The van der Waals surface area contributed by atoms with Crippen LogP contribution >= 0.6 is 34.9 Å². The first-order valence-electron chi connectivity index (χ1n) is 11.3. The highest BCUT2D eigenvalue weighted by molar-refractivity contribution is 8.14. The first-order chi connectivity index (χ1) is 17.4. The van der Waals surface area contributed by atoms with Gasteiger partial charge in [-0.05, 0) is 79.3 Å². The maximum Gasteiger partial charge on any atom is 0.281 e. The van der Waals surface area contributed by atoms with Gasteiger partial charge in [-0.25, -0.2) is 3.79 Å². The van der Waals surface area contributed by atoms with Gasteiger partial charge in [-0.2, -0.15) is 4.98 Å². The molecule has 0 aliphatic carbocycles. The van der Waals surface area contributed by atoms with Gasteiger partial charge in [0.1, 0.15) is 0 Å². The molecule has 0 spiro atoms. The molecule has 182 valence electrons. The van der Waals surface area contributed by atoms with Crippen LogP contribution in [0.5, 0.6) is 0 Å². The fourth-order valence-corrected chi connectivity index (χ4v) is 6.36. The monoisotopic (exact) mass is 534 g/mol. The summed E-state index contributed by atoms with van der Waals surface area (Å²) in [6.45, 7) is 9.35. The quantitative estimate of drug-likeness (QED) is 0.265. The van der Waals surface area contributed by atoms with Gasteiger partial charge in [0.2, 0.25) is 5.12 Å². The molecule has 0 atom stereocenters. The van der Waals surface area contributed by atoms with Crippen LogP contribution in [0.1, 0.15) is 28.4 Å². The van der Waals surface area contributed by atoms with Gasteiger partial charge < -0.3 is 9.80 Å². The van der Waals surface area contributed by atoms with E-state index in [0.717, 1.165) is 40.2 Å². The van der Waals surface area contributed by atoms with Gasteiger partial charge in [-0.3, -0.25) is 9.59 Å². The lowest BCUT2D eigenvalue weighted by atomic mass is 10.1. The van der Waals surface area contributed by atoms with E-state index in [1.54, 1.807) is 27.4 Å². The Morgan fingerprint density at radius 1 is 1.28 bits per heavy atom. The Balaban J connectivity index is 1.41. The van der Waals surface area contributed by atoms with Gasteiger partial charge in [-0.15, -0.1) is 0 Å². The summed E-state index contributed by atoms with van der Waals surface area (Å²) < 4.78 is 1.78. The van der Waals surface area contributed by atoms with Crippen molar-refractivity contribution in [1.82, 2.24) is 18.6 Å². The molecule has 1 aliphatic heterocycles. The Kier molecular flexibility index (Phi) is 6.75. The van der Waals surface area contributed by atoms with Gasteiger partial charge in [-0.1, -0.05) is 41.9 Å². The van der Waals surface area contributed by atoms with Crippen LogP contribution in [0, 0.1) is 6.92 Å². The Labute approximate surface area is 222 Å². The van der Waals surface area contributed by atoms with Crippen LogP contribution in [0.4, 0.5) is 0 Å². The number of nitrogens with zero attached hydrogens (tertiary/aromatic N) is 4. The van der Waals surface area contributed by atoms with Gasteiger partial charge in [0, 0.05) is 28.0 Å². The predicted octanol–water partition coefficient (Wildman–Crippen LogP) is 6.44. The first-order valence-corrected chi connectivity index (χ1v) is 13.3. The van der Waals surface area contributed by atoms with Crippen molar-refractivity contribution in [3.05, 3.63) is 111 Å². The molecule has 9 heteroatoms. The minimum absolute atomic E-state index is 0.159. The number of benzene rings is 2. The van der Waals surface area contributed by atoms with E-state index < -0.39 is 0 Å². The molecule has 4 aromatic rings. The third-order valence-electron chi connectivity index (χ3n) is 5.79. The Morgan fingerprint density at radius 2 is 2.11 bits per heavy atom. The maximum atomic E-state index is 13.3. The fourth-order valence-electron chi connectivity index (χ4n) is 4.26. The molecule has 1 aliphatic rings. The molecule has 0 saturated carbocycles. The molecule has 0 saturated heterocycles. The number of aromatic nitrogens is 2. The lowest BCUT2D eigenvalue weighted by molar-refractivity contribution is 0.109. The van der Waals surface area contributed by atoms with Crippen molar-refractivity contribution in [2.45, 2.75) is 25.3 Å². The molecule has 0 unspecified atom stereocenters. The molecular formula is C27H23ClN4O2S2. The van der Waals surface area contributed by atoms with Gasteiger partial charge >= 0.3 is 0 Å². The van der Waals surface area contributed by atoms with E-state index in [9.17, 15) is 9.59 Å². The average molecular weight is 535 g/mol. The SMILES string of the molecule is C=CN1CN(Cc2cc(C)cc(SC(=O)c3csn4c3nc(=O)c3ccc(Cl)cc34)c2)C=C1/C=C\C. The van der Waals surface area contributed by atoms with Gasteiger partial charge in [0.05, 0.1) is 28.8 Å². The lowest BCUT2D eigenvalue weighted by Gasteiger charge is -2.20. The molecule has 2 aromatic carbocycles. The zero-order valence-corrected chi connectivity index (χ0v) is 22.2. The van der Waals surface area contributed by atoms with E-state index in [-0.39, 0.29) is 10.7 Å². The maximum absolute atomic E-state index is 13.3. The standard InChI is InChI=1S/C27H23ClN4O2S2/c1-4-6-20-14-30(16-31(20)5-2)13-18-9-17(3)10-21(11-18)36-27(34)23-15-35-32-24-12-19(28)7-8-22(24)26(33)29-25(23)32/h4-12,14-15H,2,13,16H2,1,3H3/b6-4-. The highest BCUT2D eigenvalue weighted by atomic mass is 35.5. The minimum atomic E-state index is -0.374. The second-order valence-electron chi connectivity index (χ2n) is 8.47. The zero-order valence-electron chi connectivity index (χ0n) is 19.8. The van der Waals surface area contributed by atoms with Crippen LogP contribution in [-0.2, 0) is 6.54 Å². The second-order valence-corrected chi connectivity index (χ2v) is 10.8. The summed E-state index contributed by atoms with van der Waals surface area (Å²) in [5, 5.41) is 2.58. The summed E-state index contributed by atoms with van der Waals surface area (Å²) in [6, 6.07) is 11.2. The lowest BCUT2D eigenvalue weighted by Crippen LogP contribution is -2.22. The number of aryl methyl sites for hydroxylation is 1. The summed E-state index contributed by atoms with van der Waals surface area (Å²) in [5.41, 5.74) is 4.31. The van der Waals surface area contributed by atoms with E-state index >= 15 is 0 Å². The van der Waals surface area contributed by atoms with Crippen molar-refractivity contribution < 1.29 is 4.79 Å². The summed E-state index contributed by atoms with van der Waals surface area (Å²) in [4.78, 5) is 35.3. The number of halogens is 1. The predicted molar refractivity (Wildman–Crippen MR) is 149 cm³/mol. The van der Waals surface area contributed by atoms with Crippen molar-refractivity contribution in [3.63, 3.8) is 0 Å². The normalized spacial score (nSPS) is 13.8. The molecule has 0 radical (unpaired) electrons. The van der Waals surface area contributed by atoms with Crippen LogP contribution in [0.2, 0.25) is 5.02 Å². The zero-order chi connectivity index (χ0) is 25.4. The van der Waals surface area contributed by atoms with E-state index in [1.165, 1.54) is 11.5 Å². The van der Waals surface area contributed by atoms with Gasteiger partial charge in [0.15, 0.2) is 5.65 Å². The molecule has 3 heterocycles. The summed E-state index contributed by atoms with van der Waals surface area (Å²) in [6.07, 6.45) is 8.00. The fraction of sp³-hybridized carbons (Fsp3) is 0.148. The van der Waals surface area contributed by atoms with Crippen LogP contribution in [0.25, 0.3) is 16.6 Å². The molecule has 36 heavy (non-hydrogen) atoms. The third kappa shape index (κ3) is 4.72. The Hall–Kier alpha value is -3.33. The number of rotatable bonds is 6. The summed E-state index contributed by atoms with van der Waals surface area (Å²) in [5.74, 6) is 0. The molecule has 0 N–H and O–H groups in total. The number of carbonyl (C=O) groups is 1.